The first-order chi connectivity index (χ1) is 36.4. The third-order valence-electron chi connectivity index (χ3n) is 12.9. The van der Waals surface area contributed by atoms with Crippen molar-refractivity contribution < 1.29 is 52.1 Å². The Kier molecular flexibility index (Phi) is 32.9. The monoisotopic (exact) mass is 1290 g/mol. The maximum absolute atomic E-state index is 14.5. The Morgan fingerprint density at radius 3 is 0.963 bits per heavy atom. The molecule has 14 nitrogen and oxygen atoms in total. The van der Waals surface area contributed by atoms with Gasteiger partial charge in [0.25, 0.3) is 11.8 Å². The highest BCUT2D eigenvalue weighted by Gasteiger charge is 2.47. The van der Waals surface area contributed by atoms with E-state index in [0.717, 1.165) is 69.9 Å². The second-order valence-electron chi connectivity index (χ2n) is 28.2. The van der Waals surface area contributed by atoms with Gasteiger partial charge in [0.15, 0.2) is 44.8 Å². The number of amides is 2. The van der Waals surface area contributed by atoms with Crippen molar-refractivity contribution in [2.45, 2.75) is 286 Å². The molecule has 0 aliphatic rings. The van der Waals surface area contributed by atoms with E-state index < -0.39 is 96.4 Å². The van der Waals surface area contributed by atoms with E-state index in [1.807, 2.05) is 0 Å². The molecule has 0 bridgehead atoms. The molecule has 0 heterocycles. The number of hydrogen-bond acceptors (Lipinski definition) is 12. The summed E-state index contributed by atoms with van der Waals surface area (Å²) in [6.45, 7) is 52.1. The van der Waals surface area contributed by atoms with Crippen LogP contribution in [-0.4, -0.2) is 121 Å². The van der Waals surface area contributed by atoms with E-state index in [1.54, 1.807) is 6.07 Å². The minimum atomic E-state index is -2.63. The van der Waals surface area contributed by atoms with Crippen LogP contribution in [0.1, 0.15) is 171 Å². The van der Waals surface area contributed by atoms with Gasteiger partial charge in [-0.25, -0.2) is 0 Å². The zero-order valence-electron chi connectivity index (χ0n) is 55.6. The first-order valence-corrected chi connectivity index (χ1v) is 60.7. The number of carbonyl (C=O) groups is 4. The van der Waals surface area contributed by atoms with Crippen molar-refractivity contribution in [3.8, 4) is 0 Å². The van der Waals surface area contributed by atoms with Gasteiger partial charge >= 0.3 is 51.4 Å². The second kappa shape index (κ2) is 34.0. The number of carbonyl (C=O) groups excluding carboxylic acids is 4. The van der Waals surface area contributed by atoms with Gasteiger partial charge in [-0.3, -0.25) is 19.2 Å². The summed E-state index contributed by atoms with van der Waals surface area (Å²) in [5.74, 6) is -1.24. The largest absolute Gasteiger partial charge is 0.437 e. The molecule has 24 heteroatoms. The van der Waals surface area contributed by atoms with Crippen LogP contribution >= 0.6 is 0 Å². The molecule has 0 saturated heterocycles. The number of unbranched alkanes of at least 4 members (excludes halogenated alkanes) is 12. The van der Waals surface area contributed by atoms with Crippen LogP contribution in [0.4, 0.5) is 0 Å². The molecular weight excluding hydrogens is 1170 g/mol. The molecule has 1 aromatic carbocycles. The Hall–Kier alpha value is -0.651. The average Bonchev–Trinajstić information content (AvgIpc) is 3.23. The Balaban J connectivity index is 3.47. The molecule has 0 unspecified atom stereocenters. The summed E-state index contributed by atoms with van der Waals surface area (Å²) >= 11 is 0. The summed E-state index contributed by atoms with van der Waals surface area (Å²) < 4.78 is 53.7. The predicted molar refractivity (Wildman–Crippen MR) is 359 cm³/mol. The minimum absolute atomic E-state index is 0.135. The fourth-order valence-electron chi connectivity index (χ4n) is 11.2. The Morgan fingerprint density at radius 2 is 0.600 bits per heavy atom. The molecule has 2 amide bonds. The quantitative estimate of drug-likeness (QED) is 0.0361. The molecule has 1 aromatic rings. The van der Waals surface area contributed by atoms with Crippen molar-refractivity contribution >= 4 is 108 Å². The predicted octanol–water partition coefficient (Wildman–Crippen LogP) is 17.0. The second-order valence-corrected chi connectivity index (χ2v) is 68.0. The molecule has 0 spiro atoms. The smallest absolute Gasteiger partial charge is 0.314 e. The SMILES string of the molecule is CCCCCCCCCC(=O)c1cc(C(=O)CCCC[Si](C)(C)O[Si](C)(C)O[Si](C)(C)O[Si](C)(C)O[Si](C)(C)C)c(C(=O)NCCCCCCCC)cc1C(=O)NCCC[Si](C)(C)O[Si](C)(C)O[Si](C)(C)O[Si](C)(C)O[Si](C)(C)C. The van der Waals surface area contributed by atoms with Gasteiger partial charge in [0.2, 0.25) is 0 Å². The zero-order valence-corrected chi connectivity index (χ0v) is 65.6. The van der Waals surface area contributed by atoms with Gasteiger partial charge in [0.1, 0.15) is 0 Å². The highest BCUT2D eigenvalue weighted by molar-refractivity contribution is 6.91. The molecular formula is C56H120N2O12Si10. The van der Waals surface area contributed by atoms with Crippen molar-refractivity contribution in [2.24, 2.45) is 0 Å². The lowest BCUT2D eigenvalue weighted by Crippen LogP contribution is -2.58. The van der Waals surface area contributed by atoms with Crippen molar-refractivity contribution in [3.05, 3.63) is 34.4 Å². The topological polar surface area (TPSA) is 166 Å². The molecule has 0 aromatic heterocycles. The van der Waals surface area contributed by atoms with Crippen molar-refractivity contribution in [1.82, 2.24) is 10.6 Å². The maximum atomic E-state index is 14.5. The third kappa shape index (κ3) is 35.1. The molecule has 0 radical (unpaired) electrons. The summed E-state index contributed by atoms with van der Waals surface area (Å²) in [4.78, 5) is 57.6. The van der Waals surface area contributed by atoms with Gasteiger partial charge in [-0.05, 0) is 194 Å². The lowest BCUT2D eigenvalue weighted by Gasteiger charge is -2.42. The number of rotatable bonds is 44. The minimum Gasteiger partial charge on any atom is -0.437 e. The van der Waals surface area contributed by atoms with E-state index in [2.05, 4.69) is 169 Å². The van der Waals surface area contributed by atoms with E-state index in [0.29, 0.717) is 32.4 Å². The van der Waals surface area contributed by atoms with Gasteiger partial charge in [-0.15, -0.1) is 0 Å². The lowest BCUT2D eigenvalue weighted by atomic mass is 9.90. The van der Waals surface area contributed by atoms with Crippen LogP contribution in [0.15, 0.2) is 12.1 Å². The summed E-state index contributed by atoms with van der Waals surface area (Å²) in [6, 6.07) is 4.66. The third-order valence-corrected chi connectivity index (χ3v) is 48.9. The molecule has 466 valence electrons. The number of Topliss-reactive ketones (excluding diaryl/α,β-unsaturated/α-hetero) is 2. The number of hydrogen-bond donors (Lipinski definition) is 2. The molecule has 1 rings (SSSR count). The van der Waals surface area contributed by atoms with Crippen LogP contribution in [-0.2, 0) is 32.9 Å². The van der Waals surface area contributed by atoms with E-state index in [1.165, 1.54) is 31.7 Å². The number of benzene rings is 1. The van der Waals surface area contributed by atoms with Crippen LogP contribution in [0.5, 0.6) is 0 Å². The van der Waals surface area contributed by atoms with Gasteiger partial charge in [-0.1, -0.05) is 90.9 Å². The molecule has 0 saturated carbocycles. The summed E-state index contributed by atoms with van der Waals surface area (Å²) in [5.41, 5.74) is 0.669. The van der Waals surface area contributed by atoms with Crippen LogP contribution in [0.3, 0.4) is 0 Å². The van der Waals surface area contributed by atoms with Crippen molar-refractivity contribution in [3.63, 3.8) is 0 Å². The fraction of sp³-hybridized carbons (Fsp3) is 0.821. The molecule has 0 fully saturated rings. The highest BCUT2D eigenvalue weighted by Crippen LogP contribution is 2.31. The van der Waals surface area contributed by atoms with E-state index >= 15 is 0 Å². The molecule has 0 aliphatic heterocycles. The maximum Gasteiger partial charge on any atom is 0.314 e. The Labute approximate surface area is 500 Å². The standard InChI is InChI=1S/C56H120N2O12Si10/c1-25-27-29-31-33-34-36-41-53(59)49-47-50(54(60)42-37-39-45-73(9,10)65-77(17,18)69-79(21,22)67-75(13,14)63-71(3,4)5)51(55(61)57-43-38-35-32-30-28-26-2)48-52(49)56(62)58-44-40-46-74(11,12)66-78(19,20)70-80(23,24)68-76(15,16)64-72(6,7)8/h47-48H,25-46H2,1-24H3,(H,57,61)(H,58,62). The first kappa shape index (κ1) is 77.4. The summed E-state index contributed by atoms with van der Waals surface area (Å²) in [5, 5.41) is 6.17. The molecule has 0 atom stereocenters. The van der Waals surface area contributed by atoms with Gasteiger partial charge in [-0.2, -0.15) is 0 Å². The van der Waals surface area contributed by atoms with Crippen LogP contribution in [0.25, 0.3) is 0 Å². The normalized spacial score (nSPS) is 13.7. The highest BCUT2D eigenvalue weighted by atomic mass is 28.5. The molecule has 80 heavy (non-hydrogen) atoms. The molecule has 0 aliphatic carbocycles. The van der Waals surface area contributed by atoms with Crippen molar-refractivity contribution in [2.75, 3.05) is 13.1 Å². The van der Waals surface area contributed by atoms with Crippen molar-refractivity contribution in [1.29, 1.82) is 0 Å². The molecule has 2 N–H and O–H groups in total. The van der Waals surface area contributed by atoms with E-state index in [4.69, 9.17) is 32.9 Å². The average molecular weight is 1290 g/mol. The summed E-state index contributed by atoms with van der Waals surface area (Å²) in [7, 11) is -23.5. The number of nitrogens with one attached hydrogen (secondary N) is 2. The van der Waals surface area contributed by atoms with Gasteiger partial charge in [0.05, 0.1) is 11.1 Å². The van der Waals surface area contributed by atoms with E-state index in [9.17, 15) is 19.2 Å². The Bertz CT molecular complexity index is 1930. The number of ketones is 2. The van der Waals surface area contributed by atoms with Gasteiger partial charge in [0, 0.05) is 37.1 Å². The van der Waals surface area contributed by atoms with Crippen LogP contribution in [0, 0.1) is 0 Å². The summed E-state index contributed by atoms with van der Waals surface area (Å²) in [6.07, 6.45) is 16.1. The van der Waals surface area contributed by atoms with Crippen LogP contribution < -0.4 is 10.6 Å². The first-order valence-electron chi connectivity index (χ1n) is 30.8. The van der Waals surface area contributed by atoms with Crippen LogP contribution in [0.2, 0.25) is 156 Å². The fourth-order valence-corrected chi connectivity index (χ4v) is 58.8. The van der Waals surface area contributed by atoms with Gasteiger partial charge < -0.3 is 43.6 Å². The van der Waals surface area contributed by atoms with E-state index in [-0.39, 0.29) is 46.7 Å². The lowest BCUT2D eigenvalue weighted by molar-refractivity contribution is 0.0919. The zero-order chi connectivity index (χ0) is 61.7. The Morgan fingerprint density at radius 1 is 0.325 bits per heavy atom.